The second kappa shape index (κ2) is 2.80. The molecule has 56 valence electrons. The minimum Gasteiger partial charge on any atom is -0.592 e. The van der Waals surface area contributed by atoms with Gasteiger partial charge in [-0.3, -0.25) is 0 Å². The van der Waals surface area contributed by atoms with Crippen LogP contribution >= 0.6 is 0 Å². The SMILES string of the molecule is NCc1ccc([NH+]([O-])O)o1. The van der Waals surface area contributed by atoms with E-state index < -0.39 is 5.23 Å². The standard InChI is InChI=1S/C5H8N2O3/c6-3-4-1-2-5(10-4)7(8)9/h1-2,7-8H,3,6H2. The van der Waals surface area contributed by atoms with Crippen LogP contribution in [0.15, 0.2) is 16.5 Å². The number of nitrogens with one attached hydrogen (secondary N) is 1. The van der Waals surface area contributed by atoms with Crippen molar-refractivity contribution in [3.05, 3.63) is 23.1 Å². The largest absolute Gasteiger partial charge is 0.592 e. The Morgan fingerprint density at radius 2 is 2.40 bits per heavy atom. The molecule has 0 saturated carbocycles. The third-order valence-electron chi connectivity index (χ3n) is 1.07. The molecule has 1 aromatic heterocycles. The van der Waals surface area contributed by atoms with Crippen LogP contribution in [0.3, 0.4) is 0 Å². The maximum absolute atomic E-state index is 10.2. The number of quaternary nitrogens is 1. The smallest absolute Gasteiger partial charge is 0.328 e. The highest BCUT2D eigenvalue weighted by atomic mass is 16.8. The van der Waals surface area contributed by atoms with Gasteiger partial charge in [-0.2, -0.15) is 5.23 Å². The van der Waals surface area contributed by atoms with Gasteiger partial charge in [-0.1, -0.05) is 0 Å². The van der Waals surface area contributed by atoms with Crippen LogP contribution in [0.5, 0.6) is 0 Å². The van der Waals surface area contributed by atoms with Crippen LogP contribution in [0.4, 0.5) is 5.88 Å². The minimum absolute atomic E-state index is 0.0690. The Bertz CT molecular complexity index is 208. The fourth-order valence-electron chi connectivity index (χ4n) is 0.603. The summed E-state index contributed by atoms with van der Waals surface area (Å²) >= 11 is 0. The zero-order valence-corrected chi connectivity index (χ0v) is 5.20. The van der Waals surface area contributed by atoms with Crippen LogP contribution in [0.25, 0.3) is 0 Å². The highest BCUT2D eigenvalue weighted by Crippen LogP contribution is 2.06. The van der Waals surface area contributed by atoms with Crippen molar-refractivity contribution >= 4 is 5.88 Å². The van der Waals surface area contributed by atoms with Crippen molar-refractivity contribution in [2.24, 2.45) is 5.73 Å². The predicted octanol–water partition coefficient (Wildman–Crippen LogP) is -0.858. The molecule has 0 bridgehead atoms. The molecule has 0 fully saturated rings. The number of nitrogens with two attached hydrogens (primary N) is 1. The Morgan fingerprint density at radius 3 is 2.70 bits per heavy atom. The van der Waals surface area contributed by atoms with Crippen molar-refractivity contribution in [2.45, 2.75) is 6.54 Å². The zero-order valence-electron chi connectivity index (χ0n) is 5.20. The molecule has 0 spiro atoms. The summed E-state index contributed by atoms with van der Waals surface area (Å²) in [6.07, 6.45) is 0. The molecule has 0 aliphatic rings. The number of furan rings is 1. The molecule has 1 rings (SSSR count). The van der Waals surface area contributed by atoms with E-state index >= 15 is 0 Å². The molecule has 0 amide bonds. The molecular formula is C5H8N2O3. The van der Waals surface area contributed by atoms with Gasteiger partial charge in [0.25, 0.3) is 0 Å². The summed E-state index contributed by atoms with van der Waals surface area (Å²) in [4.78, 5) is 0. The highest BCUT2D eigenvalue weighted by Gasteiger charge is 2.04. The van der Waals surface area contributed by atoms with Crippen LogP contribution in [0.2, 0.25) is 0 Å². The third kappa shape index (κ3) is 1.34. The maximum atomic E-state index is 10.2. The Morgan fingerprint density at radius 1 is 1.70 bits per heavy atom. The predicted molar refractivity (Wildman–Crippen MR) is 32.4 cm³/mol. The zero-order chi connectivity index (χ0) is 7.56. The molecule has 0 saturated heterocycles. The molecule has 10 heavy (non-hydrogen) atoms. The van der Waals surface area contributed by atoms with Crippen molar-refractivity contribution in [2.75, 3.05) is 0 Å². The highest BCUT2D eigenvalue weighted by molar-refractivity contribution is 5.16. The van der Waals surface area contributed by atoms with Crippen molar-refractivity contribution in [3.63, 3.8) is 0 Å². The van der Waals surface area contributed by atoms with Crippen molar-refractivity contribution in [1.82, 2.24) is 0 Å². The van der Waals surface area contributed by atoms with Crippen molar-refractivity contribution in [1.29, 1.82) is 0 Å². The first-order valence-corrected chi connectivity index (χ1v) is 2.76. The number of hydrogen-bond donors (Lipinski definition) is 3. The molecule has 0 aliphatic carbocycles. The Balaban J connectivity index is 2.78. The van der Waals surface area contributed by atoms with E-state index in [0.29, 0.717) is 5.76 Å². The lowest BCUT2D eigenvalue weighted by Crippen LogP contribution is -2.99. The average Bonchev–Trinajstić information content (AvgIpc) is 2.34. The van der Waals surface area contributed by atoms with Gasteiger partial charge in [0.05, 0.1) is 6.54 Å². The van der Waals surface area contributed by atoms with Crippen LogP contribution in [0, 0.1) is 5.21 Å². The Hall–Kier alpha value is -0.880. The molecular weight excluding hydrogens is 136 g/mol. The number of rotatable bonds is 2. The molecule has 5 nitrogen and oxygen atoms in total. The van der Waals surface area contributed by atoms with Gasteiger partial charge in [0.2, 0.25) is 0 Å². The van der Waals surface area contributed by atoms with Crippen LogP contribution in [-0.2, 0) is 6.54 Å². The molecule has 1 heterocycles. The molecule has 0 aromatic carbocycles. The van der Waals surface area contributed by atoms with E-state index in [9.17, 15) is 5.21 Å². The van der Waals surface area contributed by atoms with E-state index in [2.05, 4.69) is 0 Å². The van der Waals surface area contributed by atoms with Gasteiger partial charge in [-0.05, 0) is 6.07 Å². The summed E-state index contributed by atoms with van der Waals surface area (Å²) in [5, 5.41) is 17.5. The summed E-state index contributed by atoms with van der Waals surface area (Å²) in [7, 11) is 0. The van der Waals surface area contributed by atoms with E-state index in [4.69, 9.17) is 15.4 Å². The topological polar surface area (TPSA) is 86.9 Å². The molecule has 5 heteroatoms. The van der Waals surface area contributed by atoms with E-state index in [1.54, 1.807) is 6.07 Å². The average molecular weight is 144 g/mol. The van der Waals surface area contributed by atoms with Gasteiger partial charge in [0.15, 0.2) is 0 Å². The second-order valence-electron chi connectivity index (χ2n) is 1.78. The summed E-state index contributed by atoms with van der Waals surface area (Å²) in [5.41, 5.74) is 5.18. The third-order valence-corrected chi connectivity index (χ3v) is 1.07. The van der Waals surface area contributed by atoms with Gasteiger partial charge in [-0.25, -0.2) is 5.21 Å². The summed E-state index contributed by atoms with van der Waals surface area (Å²) in [5.74, 6) is 0.415. The lowest BCUT2D eigenvalue weighted by Gasteiger charge is -2.05. The summed E-state index contributed by atoms with van der Waals surface area (Å²) in [6.45, 7) is 0.229. The normalized spacial score (nSPS) is 13.5. The first-order valence-electron chi connectivity index (χ1n) is 2.76. The molecule has 0 radical (unpaired) electrons. The van der Waals surface area contributed by atoms with E-state index in [-0.39, 0.29) is 12.4 Å². The van der Waals surface area contributed by atoms with Crippen molar-refractivity contribution < 1.29 is 14.9 Å². The van der Waals surface area contributed by atoms with Crippen molar-refractivity contribution in [3.8, 4) is 0 Å². The molecule has 1 unspecified atom stereocenters. The molecule has 0 aliphatic heterocycles. The number of hydrogen-bond acceptors (Lipinski definition) is 4. The molecule has 4 N–H and O–H groups in total. The fourth-order valence-corrected chi connectivity index (χ4v) is 0.603. The van der Waals surface area contributed by atoms with Crippen LogP contribution < -0.4 is 11.0 Å². The Labute approximate surface area is 57.2 Å². The van der Waals surface area contributed by atoms with Gasteiger partial charge in [0.1, 0.15) is 5.76 Å². The first-order chi connectivity index (χ1) is 4.74. The van der Waals surface area contributed by atoms with E-state index in [0.717, 1.165) is 0 Å². The second-order valence-corrected chi connectivity index (χ2v) is 1.78. The van der Waals surface area contributed by atoms with Gasteiger partial charge in [-0.15, -0.1) is 0 Å². The minimum atomic E-state index is -1.07. The van der Waals surface area contributed by atoms with Gasteiger partial charge in [0, 0.05) is 6.07 Å². The lowest BCUT2D eigenvalue weighted by molar-refractivity contribution is -0.997. The lowest BCUT2D eigenvalue weighted by atomic mass is 10.5. The van der Waals surface area contributed by atoms with Gasteiger partial charge < -0.3 is 15.4 Å². The maximum Gasteiger partial charge on any atom is 0.328 e. The van der Waals surface area contributed by atoms with E-state index in [1.807, 2.05) is 0 Å². The summed E-state index contributed by atoms with van der Waals surface area (Å²) < 4.78 is 4.77. The first kappa shape index (κ1) is 7.23. The monoisotopic (exact) mass is 144 g/mol. The summed E-state index contributed by atoms with van der Waals surface area (Å²) in [6, 6.07) is 2.92. The Kier molecular flexibility index (Phi) is 2.03. The molecule has 1 atom stereocenters. The molecule has 1 aromatic rings. The fraction of sp³-hybridized carbons (Fsp3) is 0.200. The quantitative estimate of drug-likeness (QED) is 0.471. The van der Waals surface area contributed by atoms with Crippen LogP contribution in [-0.4, -0.2) is 5.21 Å². The van der Waals surface area contributed by atoms with Crippen LogP contribution in [0.1, 0.15) is 5.76 Å². The van der Waals surface area contributed by atoms with Gasteiger partial charge >= 0.3 is 5.88 Å². The van der Waals surface area contributed by atoms with E-state index in [1.165, 1.54) is 6.07 Å².